The first-order valence-corrected chi connectivity index (χ1v) is 9.58. The summed E-state index contributed by atoms with van der Waals surface area (Å²) in [6.07, 6.45) is 6.76. The van der Waals surface area contributed by atoms with Gasteiger partial charge in [-0.05, 0) is 67.7 Å². The maximum absolute atomic E-state index is 14.4. The second-order valence-corrected chi connectivity index (χ2v) is 8.07. The number of aromatic carboxylic acids is 1. The summed E-state index contributed by atoms with van der Waals surface area (Å²) in [5.74, 6) is -0.712. The lowest BCUT2D eigenvalue weighted by atomic mass is 9.87. The Hall–Kier alpha value is -1.46. The molecule has 3 aliphatic heterocycles. The van der Waals surface area contributed by atoms with E-state index in [0.717, 1.165) is 24.1 Å². The van der Waals surface area contributed by atoms with E-state index in [0.29, 0.717) is 37.0 Å². The van der Waals surface area contributed by atoms with Crippen LogP contribution in [0.3, 0.4) is 0 Å². The molecule has 25 heavy (non-hydrogen) atoms. The van der Waals surface area contributed by atoms with Crippen molar-refractivity contribution in [1.82, 2.24) is 10.2 Å². The van der Waals surface area contributed by atoms with Gasteiger partial charge in [0, 0.05) is 31.2 Å². The molecule has 3 atom stereocenters. The summed E-state index contributed by atoms with van der Waals surface area (Å²) in [6.45, 7) is 3.88. The van der Waals surface area contributed by atoms with Gasteiger partial charge in [0.25, 0.3) is 0 Å². The van der Waals surface area contributed by atoms with Crippen LogP contribution in [0.15, 0.2) is 12.1 Å². The van der Waals surface area contributed by atoms with Gasteiger partial charge in [0.15, 0.2) is 0 Å². The Kier molecular flexibility index (Phi) is 4.54. The highest BCUT2D eigenvalue weighted by Crippen LogP contribution is 2.34. The number of halogens is 1. The number of nitrogens with one attached hydrogen (secondary N) is 1. The van der Waals surface area contributed by atoms with E-state index in [-0.39, 0.29) is 11.4 Å². The van der Waals surface area contributed by atoms with Crippen LogP contribution in [0.25, 0.3) is 0 Å². The van der Waals surface area contributed by atoms with Crippen molar-refractivity contribution < 1.29 is 14.3 Å². The highest BCUT2D eigenvalue weighted by molar-refractivity contribution is 5.88. The maximum Gasteiger partial charge on any atom is 0.335 e. The Bertz CT molecular complexity index is 666. The minimum absolute atomic E-state index is 0.0612. The van der Waals surface area contributed by atoms with Gasteiger partial charge in [-0.2, -0.15) is 0 Å². The minimum atomic E-state index is -1.05. The summed E-state index contributed by atoms with van der Waals surface area (Å²) in [6, 6.07) is 4.55. The topological polar surface area (TPSA) is 52.6 Å². The van der Waals surface area contributed by atoms with Gasteiger partial charge < -0.3 is 10.4 Å². The fourth-order valence-electron chi connectivity index (χ4n) is 5.17. The number of nitrogens with zero attached hydrogens (tertiary/aromatic N) is 1. The molecule has 4 nitrogen and oxygen atoms in total. The van der Waals surface area contributed by atoms with Crippen LogP contribution in [0.2, 0.25) is 0 Å². The van der Waals surface area contributed by atoms with Gasteiger partial charge in [-0.15, -0.1) is 0 Å². The molecule has 3 aliphatic rings. The van der Waals surface area contributed by atoms with E-state index in [2.05, 4.69) is 17.1 Å². The van der Waals surface area contributed by atoms with Gasteiger partial charge in [0.2, 0.25) is 0 Å². The molecule has 2 fully saturated rings. The molecule has 3 unspecified atom stereocenters. The molecule has 1 aromatic rings. The molecule has 0 aliphatic carbocycles. The van der Waals surface area contributed by atoms with Crippen LogP contribution in [0.5, 0.6) is 0 Å². The lowest BCUT2D eigenvalue weighted by Crippen LogP contribution is -2.47. The third kappa shape index (κ3) is 3.32. The number of rotatable bonds is 4. The fourth-order valence-corrected chi connectivity index (χ4v) is 5.17. The van der Waals surface area contributed by atoms with Gasteiger partial charge in [-0.3, -0.25) is 4.90 Å². The zero-order valence-corrected chi connectivity index (χ0v) is 14.8. The molecule has 0 saturated carbocycles. The summed E-state index contributed by atoms with van der Waals surface area (Å²) in [5, 5.41) is 12.9. The normalized spacial score (nSPS) is 31.8. The van der Waals surface area contributed by atoms with E-state index in [1.54, 1.807) is 6.07 Å². The van der Waals surface area contributed by atoms with Crippen LogP contribution in [-0.4, -0.2) is 40.6 Å². The molecule has 0 radical (unpaired) electrons. The Morgan fingerprint density at radius 1 is 1.32 bits per heavy atom. The molecule has 5 heteroatoms. The first-order valence-electron chi connectivity index (χ1n) is 9.58. The third-order valence-corrected chi connectivity index (χ3v) is 6.40. The highest BCUT2D eigenvalue weighted by atomic mass is 19.1. The van der Waals surface area contributed by atoms with Crippen molar-refractivity contribution in [3.8, 4) is 0 Å². The molecule has 0 aromatic heterocycles. The Morgan fingerprint density at radius 3 is 2.68 bits per heavy atom. The Labute approximate surface area is 148 Å². The van der Waals surface area contributed by atoms with Crippen molar-refractivity contribution in [3.05, 3.63) is 34.6 Å². The van der Waals surface area contributed by atoms with Crippen LogP contribution in [-0.2, 0) is 13.0 Å². The molecule has 2 bridgehead atoms. The predicted molar refractivity (Wildman–Crippen MR) is 94.2 cm³/mol. The highest BCUT2D eigenvalue weighted by Gasteiger charge is 2.36. The summed E-state index contributed by atoms with van der Waals surface area (Å²) >= 11 is 0. The molecular formula is C20H27FN2O2. The first-order chi connectivity index (χ1) is 12.0. The summed E-state index contributed by atoms with van der Waals surface area (Å²) < 4.78 is 14.4. The number of fused-ring (bicyclic) bond motifs is 3. The lowest BCUT2D eigenvalue weighted by molar-refractivity contribution is 0.0695. The average molecular weight is 346 g/mol. The first kappa shape index (κ1) is 17.0. The summed E-state index contributed by atoms with van der Waals surface area (Å²) in [5.41, 5.74) is 1.64. The summed E-state index contributed by atoms with van der Waals surface area (Å²) in [4.78, 5) is 13.7. The van der Waals surface area contributed by atoms with Crippen LogP contribution >= 0.6 is 0 Å². The van der Waals surface area contributed by atoms with Crippen LogP contribution in [0.4, 0.5) is 4.39 Å². The van der Waals surface area contributed by atoms with E-state index in [9.17, 15) is 14.3 Å². The Morgan fingerprint density at radius 2 is 2.04 bits per heavy atom. The van der Waals surface area contributed by atoms with Crippen LogP contribution in [0.1, 0.15) is 60.5 Å². The minimum Gasteiger partial charge on any atom is -0.478 e. The van der Waals surface area contributed by atoms with E-state index in [1.807, 2.05) is 0 Å². The zero-order valence-electron chi connectivity index (χ0n) is 14.8. The monoisotopic (exact) mass is 346 g/mol. The predicted octanol–water partition coefficient (Wildman–Crippen LogP) is 3.19. The summed E-state index contributed by atoms with van der Waals surface area (Å²) in [7, 11) is 0. The van der Waals surface area contributed by atoms with E-state index in [1.165, 1.54) is 31.7 Å². The number of carboxylic acids is 1. The zero-order chi connectivity index (χ0) is 17.6. The average Bonchev–Trinajstić information content (AvgIpc) is 2.92. The lowest BCUT2D eigenvalue weighted by Gasteiger charge is -2.40. The van der Waals surface area contributed by atoms with Crippen molar-refractivity contribution in [1.29, 1.82) is 0 Å². The van der Waals surface area contributed by atoms with Crippen molar-refractivity contribution >= 4 is 5.97 Å². The Balaban J connectivity index is 1.54. The number of piperidine rings is 1. The standard InChI is InChI=1S/C20H27FN2O2/c1-2-17-9-18-14(7-13(20(24)25)8-19(18)21)11-23(17)10-12-5-15-3-4-16(6-12)22-15/h7-8,12,15-17,22H,2-6,9-11H2,1H3,(H,24,25). The molecule has 1 aromatic carbocycles. The van der Waals surface area contributed by atoms with E-state index < -0.39 is 5.97 Å². The smallest absolute Gasteiger partial charge is 0.335 e. The van der Waals surface area contributed by atoms with Crippen molar-refractivity contribution in [3.63, 3.8) is 0 Å². The molecule has 136 valence electrons. The number of hydrogen-bond donors (Lipinski definition) is 2. The van der Waals surface area contributed by atoms with E-state index in [4.69, 9.17) is 0 Å². The quantitative estimate of drug-likeness (QED) is 0.879. The van der Waals surface area contributed by atoms with Crippen molar-refractivity contribution in [2.24, 2.45) is 5.92 Å². The maximum atomic E-state index is 14.4. The molecular weight excluding hydrogens is 319 g/mol. The number of carboxylic acid groups (broad SMARTS) is 1. The molecule has 3 heterocycles. The van der Waals surface area contributed by atoms with Gasteiger partial charge >= 0.3 is 5.97 Å². The fraction of sp³-hybridized carbons (Fsp3) is 0.650. The van der Waals surface area contributed by atoms with Gasteiger partial charge in [0.1, 0.15) is 5.82 Å². The van der Waals surface area contributed by atoms with Gasteiger partial charge in [-0.1, -0.05) is 6.92 Å². The van der Waals surface area contributed by atoms with Crippen LogP contribution in [0, 0.1) is 11.7 Å². The van der Waals surface area contributed by atoms with E-state index >= 15 is 0 Å². The number of hydrogen-bond acceptors (Lipinski definition) is 3. The van der Waals surface area contributed by atoms with Crippen molar-refractivity contribution in [2.45, 2.75) is 70.1 Å². The number of benzene rings is 1. The van der Waals surface area contributed by atoms with Crippen molar-refractivity contribution in [2.75, 3.05) is 6.54 Å². The second kappa shape index (κ2) is 6.69. The molecule has 4 rings (SSSR count). The SMILES string of the molecule is CCC1Cc2c(F)cc(C(=O)O)cc2CN1CC1CC2CCC(C1)N2. The molecule has 2 saturated heterocycles. The number of carbonyl (C=O) groups is 1. The molecule has 0 amide bonds. The van der Waals surface area contributed by atoms with Crippen LogP contribution < -0.4 is 5.32 Å². The second-order valence-electron chi connectivity index (χ2n) is 8.07. The van der Waals surface area contributed by atoms with Gasteiger partial charge in [-0.25, -0.2) is 9.18 Å². The van der Waals surface area contributed by atoms with Gasteiger partial charge in [0.05, 0.1) is 5.56 Å². The largest absolute Gasteiger partial charge is 0.478 e. The molecule has 2 N–H and O–H groups in total. The third-order valence-electron chi connectivity index (χ3n) is 6.40. The molecule has 0 spiro atoms.